The van der Waals surface area contributed by atoms with Gasteiger partial charge >= 0.3 is 0 Å². The van der Waals surface area contributed by atoms with Gasteiger partial charge in [-0.25, -0.2) is 0 Å². The van der Waals surface area contributed by atoms with Crippen LogP contribution in [0.4, 0.5) is 17.1 Å². The van der Waals surface area contributed by atoms with Gasteiger partial charge in [-0.05, 0) is 60.9 Å². The first kappa shape index (κ1) is 18.8. The summed E-state index contributed by atoms with van der Waals surface area (Å²) in [5.41, 5.74) is 12.2. The van der Waals surface area contributed by atoms with E-state index in [1.807, 2.05) is 48.5 Å². The zero-order valence-electron chi connectivity index (χ0n) is 16.8. The van der Waals surface area contributed by atoms with E-state index in [9.17, 15) is 9.90 Å². The number of para-hydroxylation sites is 3. The van der Waals surface area contributed by atoms with Gasteiger partial charge in [-0.2, -0.15) is 0 Å². The zero-order valence-corrected chi connectivity index (χ0v) is 16.8. The number of H-pyrrole nitrogens is 1. The van der Waals surface area contributed by atoms with Gasteiger partial charge in [-0.3, -0.25) is 4.79 Å². The molecule has 1 heterocycles. The van der Waals surface area contributed by atoms with E-state index < -0.39 is 0 Å². The number of aromatic hydroxyl groups is 1. The second kappa shape index (κ2) is 7.57. The van der Waals surface area contributed by atoms with Crippen LogP contribution in [0, 0.1) is 0 Å². The molecule has 6 N–H and O–H groups in total. The third-order valence-electron chi connectivity index (χ3n) is 5.42. The fourth-order valence-electron chi connectivity index (χ4n) is 3.68. The van der Waals surface area contributed by atoms with E-state index in [0.717, 1.165) is 40.7 Å². The van der Waals surface area contributed by atoms with Gasteiger partial charge in [0.15, 0.2) is 5.88 Å². The summed E-state index contributed by atoms with van der Waals surface area (Å²) in [7, 11) is 0. The molecular weight excluding hydrogens is 388 g/mol. The van der Waals surface area contributed by atoms with E-state index in [4.69, 9.17) is 5.73 Å². The smallest absolute Gasteiger partial charge is 0.255 e. The molecule has 0 bridgehead atoms. The predicted molar refractivity (Wildman–Crippen MR) is 125 cm³/mol. The Balaban J connectivity index is 1.39. The highest BCUT2D eigenvalue weighted by Gasteiger charge is 2.24. The van der Waals surface area contributed by atoms with Crippen molar-refractivity contribution in [3.8, 4) is 5.88 Å². The van der Waals surface area contributed by atoms with Gasteiger partial charge < -0.3 is 26.5 Å². The van der Waals surface area contributed by atoms with Crippen molar-refractivity contribution in [2.75, 3.05) is 16.4 Å². The zero-order chi connectivity index (χ0) is 21.4. The highest BCUT2D eigenvalue weighted by atomic mass is 16.3. The fraction of sp³-hybridized carbons (Fsp3) is 0.0800. The number of nitrogens with one attached hydrogen (secondary N) is 3. The lowest BCUT2D eigenvalue weighted by Crippen LogP contribution is -2.13. The second-order valence-corrected chi connectivity index (χ2v) is 7.62. The van der Waals surface area contributed by atoms with E-state index in [1.165, 1.54) is 5.57 Å². The molecule has 1 aliphatic rings. The third kappa shape index (κ3) is 3.71. The SMILES string of the molecule is Nc1ccccc1NC(=O)c1ccc(NC(=C2CC2)c2c(O)[nH]c3ccccc23)cc1. The van der Waals surface area contributed by atoms with E-state index >= 15 is 0 Å². The normalized spacial score (nSPS) is 12.6. The molecule has 0 unspecified atom stereocenters. The summed E-state index contributed by atoms with van der Waals surface area (Å²) in [5.74, 6) is -0.0703. The van der Waals surface area contributed by atoms with Gasteiger partial charge in [0.1, 0.15) is 0 Å². The Morgan fingerprint density at radius 2 is 1.61 bits per heavy atom. The lowest BCUT2D eigenvalue weighted by molar-refractivity contribution is 0.102. The standard InChI is InChI=1S/C25H22N4O2/c26-19-6-2-4-8-21(19)29-24(30)16-11-13-17(14-12-16)27-23(15-9-10-15)22-18-5-1-3-7-20(18)28-25(22)31/h1-8,11-14,27-28,31H,9-10,26H2,(H,29,30). The van der Waals surface area contributed by atoms with Gasteiger partial charge in [0.25, 0.3) is 5.91 Å². The molecule has 4 aromatic rings. The highest BCUT2D eigenvalue weighted by Crippen LogP contribution is 2.42. The third-order valence-corrected chi connectivity index (χ3v) is 5.42. The van der Waals surface area contributed by atoms with Crippen LogP contribution >= 0.6 is 0 Å². The number of benzene rings is 3. The fourth-order valence-corrected chi connectivity index (χ4v) is 3.68. The maximum atomic E-state index is 12.6. The maximum absolute atomic E-state index is 12.6. The van der Waals surface area contributed by atoms with Crippen molar-refractivity contribution in [3.05, 3.63) is 89.5 Å². The summed E-state index contributed by atoms with van der Waals surface area (Å²) in [5, 5.41) is 17.8. The number of aromatic nitrogens is 1. The number of nitrogen functional groups attached to an aromatic ring is 1. The Morgan fingerprint density at radius 1 is 0.903 bits per heavy atom. The van der Waals surface area contributed by atoms with Gasteiger partial charge in [0.05, 0.1) is 22.6 Å². The van der Waals surface area contributed by atoms with Gasteiger partial charge in [0.2, 0.25) is 0 Å². The number of aromatic amines is 1. The molecular formula is C25H22N4O2. The largest absolute Gasteiger partial charge is 0.494 e. The molecule has 6 heteroatoms. The van der Waals surface area contributed by atoms with Crippen molar-refractivity contribution in [1.29, 1.82) is 0 Å². The first-order valence-corrected chi connectivity index (χ1v) is 10.1. The van der Waals surface area contributed by atoms with Crippen molar-refractivity contribution in [2.45, 2.75) is 12.8 Å². The van der Waals surface area contributed by atoms with Crippen LogP contribution in [0.25, 0.3) is 16.6 Å². The first-order valence-electron chi connectivity index (χ1n) is 10.1. The molecule has 0 aliphatic heterocycles. The summed E-state index contributed by atoms with van der Waals surface area (Å²) in [4.78, 5) is 15.6. The molecule has 1 fully saturated rings. The van der Waals surface area contributed by atoms with Crippen molar-refractivity contribution in [1.82, 2.24) is 4.98 Å². The minimum Gasteiger partial charge on any atom is -0.494 e. The van der Waals surface area contributed by atoms with Crippen molar-refractivity contribution in [2.24, 2.45) is 0 Å². The lowest BCUT2D eigenvalue weighted by atomic mass is 10.1. The number of allylic oxidation sites excluding steroid dienone is 1. The van der Waals surface area contributed by atoms with Crippen molar-refractivity contribution < 1.29 is 9.90 Å². The molecule has 3 aromatic carbocycles. The monoisotopic (exact) mass is 410 g/mol. The van der Waals surface area contributed by atoms with E-state index in [0.29, 0.717) is 16.9 Å². The molecule has 1 aliphatic carbocycles. The summed E-state index contributed by atoms with van der Waals surface area (Å²) in [6, 6.07) is 22.2. The van der Waals surface area contributed by atoms with E-state index in [2.05, 4.69) is 15.6 Å². The Bertz CT molecular complexity index is 1310. The average molecular weight is 410 g/mol. The number of fused-ring (bicyclic) bond motifs is 1. The number of rotatable bonds is 5. The number of anilines is 3. The molecule has 0 radical (unpaired) electrons. The van der Waals surface area contributed by atoms with Crippen LogP contribution in [0.1, 0.15) is 28.8 Å². The summed E-state index contributed by atoms with van der Waals surface area (Å²) < 4.78 is 0. The first-order chi connectivity index (χ1) is 15.1. The minimum atomic E-state index is -0.223. The molecule has 0 atom stereocenters. The molecule has 0 spiro atoms. The number of amides is 1. The highest BCUT2D eigenvalue weighted by molar-refractivity contribution is 6.06. The number of carbonyl (C=O) groups excluding carboxylic acids is 1. The van der Waals surface area contributed by atoms with Crippen LogP contribution in [0.5, 0.6) is 5.88 Å². The number of nitrogens with two attached hydrogens (primary N) is 1. The summed E-state index contributed by atoms with van der Waals surface area (Å²) >= 11 is 0. The van der Waals surface area contributed by atoms with Crippen LogP contribution in [0.15, 0.2) is 78.4 Å². The van der Waals surface area contributed by atoms with Crippen LogP contribution in [0.3, 0.4) is 0 Å². The molecule has 0 saturated heterocycles. The number of hydrogen-bond donors (Lipinski definition) is 5. The predicted octanol–water partition coefficient (Wildman–Crippen LogP) is 5.33. The van der Waals surface area contributed by atoms with Crippen LogP contribution in [0.2, 0.25) is 0 Å². The Labute approximate surface area is 179 Å². The van der Waals surface area contributed by atoms with Crippen molar-refractivity contribution in [3.63, 3.8) is 0 Å². The Kier molecular flexibility index (Phi) is 4.59. The number of carbonyl (C=O) groups is 1. The maximum Gasteiger partial charge on any atom is 0.255 e. The molecule has 154 valence electrons. The Hall–Kier alpha value is -4.19. The van der Waals surface area contributed by atoms with Crippen LogP contribution in [-0.4, -0.2) is 16.0 Å². The second-order valence-electron chi connectivity index (χ2n) is 7.62. The quantitative estimate of drug-likeness (QED) is 0.287. The Morgan fingerprint density at radius 3 is 2.35 bits per heavy atom. The minimum absolute atomic E-state index is 0.152. The van der Waals surface area contributed by atoms with Crippen molar-refractivity contribution >= 4 is 39.6 Å². The lowest BCUT2D eigenvalue weighted by Gasteiger charge is -2.12. The van der Waals surface area contributed by atoms with Gasteiger partial charge in [0, 0.05) is 22.2 Å². The molecule has 1 aromatic heterocycles. The topological polar surface area (TPSA) is 103 Å². The van der Waals surface area contributed by atoms with Gasteiger partial charge in [-0.15, -0.1) is 0 Å². The summed E-state index contributed by atoms with van der Waals surface area (Å²) in [6.07, 6.45) is 2.00. The van der Waals surface area contributed by atoms with Crippen LogP contribution in [-0.2, 0) is 0 Å². The molecule has 1 saturated carbocycles. The van der Waals surface area contributed by atoms with Gasteiger partial charge in [-0.1, -0.05) is 30.3 Å². The average Bonchev–Trinajstić information content (AvgIpc) is 3.56. The number of hydrogen-bond acceptors (Lipinski definition) is 4. The summed E-state index contributed by atoms with van der Waals surface area (Å²) in [6.45, 7) is 0. The van der Waals surface area contributed by atoms with E-state index in [1.54, 1.807) is 24.3 Å². The molecule has 1 amide bonds. The molecule has 5 rings (SSSR count). The molecule has 31 heavy (non-hydrogen) atoms. The molecule has 6 nitrogen and oxygen atoms in total. The van der Waals surface area contributed by atoms with E-state index in [-0.39, 0.29) is 11.8 Å². The van der Waals surface area contributed by atoms with Crippen LogP contribution < -0.4 is 16.4 Å².